The molecule has 3 aromatic rings. The Kier molecular flexibility index (Phi) is 9.06. The molecule has 1 unspecified atom stereocenters. The quantitative estimate of drug-likeness (QED) is 0.287. The van der Waals surface area contributed by atoms with Gasteiger partial charge in [0.2, 0.25) is 5.88 Å². The maximum Gasteiger partial charge on any atom is 0.307 e. The van der Waals surface area contributed by atoms with Crippen molar-refractivity contribution in [1.82, 2.24) is 9.97 Å². The number of nitrogens with zero attached hydrogens (tertiary/aromatic N) is 1. The molecule has 0 aliphatic rings. The van der Waals surface area contributed by atoms with E-state index >= 15 is 0 Å². The van der Waals surface area contributed by atoms with Crippen molar-refractivity contribution in [2.45, 2.75) is 58.5 Å². The summed E-state index contributed by atoms with van der Waals surface area (Å²) in [5.74, 6) is 0.310. The Hall–Kier alpha value is -3.13. The molecule has 2 N–H and O–H groups in total. The Morgan fingerprint density at radius 2 is 1.94 bits per heavy atom. The summed E-state index contributed by atoms with van der Waals surface area (Å²) in [4.78, 5) is 30.8. The van der Waals surface area contributed by atoms with Crippen LogP contribution in [-0.4, -0.2) is 27.7 Å². The van der Waals surface area contributed by atoms with E-state index in [-0.39, 0.29) is 23.3 Å². The van der Waals surface area contributed by atoms with Gasteiger partial charge in [0.15, 0.2) is 6.10 Å². The Bertz CT molecular complexity index is 1070. The van der Waals surface area contributed by atoms with E-state index in [0.29, 0.717) is 23.5 Å². The Balaban J connectivity index is 1.64. The molecule has 1 aromatic carbocycles. The first-order chi connectivity index (χ1) is 16.0. The van der Waals surface area contributed by atoms with Crippen molar-refractivity contribution >= 4 is 17.3 Å². The lowest BCUT2D eigenvalue weighted by molar-refractivity contribution is -0.151. The summed E-state index contributed by atoms with van der Waals surface area (Å²) in [5.41, 5.74) is 2.71. The fourth-order valence-corrected chi connectivity index (χ4v) is 4.06. The number of esters is 1. The summed E-state index contributed by atoms with van der Waals surface area (Å²) >= 11 is 0.994. The van der Waals surface area contributed by atoms with Crippen LogP contribution in [0.2, 0.25) is 0 Å². The van der Waals surface area contributed by atoms with Gasteiger partial charge in [-0.05, 0) is 36.6 Å². The SMILES string of the molecule is CCCCCC(=O)OC(COc1ccc(Cc2sc(=O)[nH]c2O)cc1)c1ccc(CC)nc1. The molecule has 1 atom stereocenters. The molecule has 0 saturated heterocycles. The number of hydrogen-bond acceptors (Lipinski definition) is 7. The topological polar surface area (TPSA) is 102 Å². The van der Waals surface area contributed by atoms with Crippen LogP contribution in [0.3, 0.4) is 0 Å². The maximum atomic E-state index is 12.3. The lowest BCUT2D eigenvalue weighted by Crippen LogP contribution is -2.18. The molecule has 2 aromatic heterocycles. The van der Waals surface area contributed by atoms with E-state index in [2.05, 4.69) is 16.9 Å². The highest BCUT2D eigenvalue weighted by atomic mass is 32.1. The molecule has 33 heavy (non-hydrogen) atoms. The number of ether oxygens (including phenoxy) is 2. The summed E-state index contributed by atoms with van der Waals surface area (Å²) < 4.78 is 11.7. The van der Waals surface area contributed by atoms with Crippen LogP contribution in [0.25, 0.3) is 0 Å². The van der Waals surface area contributed by atoms with Crippen LogP contribution in [0.1, 0.15) is 67.3 Å². The smallest absolute Gasteiger partial charge is 0.307 e. The molecule has 0 amide bonds. The third-order valence-corrected chi connectivity index (χ3v) is 6.10. The standard InChI is InChI=1S/C25H30N2O5S/c1-3-5-6-7-23(28)32-21(18-10-11-19(4-2)26-15-18)16-31-20-12-8-17(9-13-20)14-22-24(29)27-25(30)33-22/h8-13,15,21,29H,3-7,14,16H2,1-2H3,(H,27,30). The monoisotopic (exact) mass is 470 g/mol. The largest absolute Gasteiger partial charge is 0.494 e. The van der Waals surface area contributed by atoms with Gasteiger partial charge in [0, 0.05) is 30.3 Å². The first-order valence-electron chi connectivity index (χ1n) is 11.3. The van der Waals surface area contributed by atoms with Crippen molar-refractivity contribution in [2.75, 3.05) is 6.61 Å². The highest BCUT2D eigenvalue weighted by Gasteiger charge is 2.18. The van der Waals surface area contributed by atoms with Crippen molar-refractivity contribution in [3.63, 3.8) is 0 Å². The molecule has 0 fully saturated rings. The minimum Gasteiger partial charge on any atom is -0.494 e. The number of thiazole rings is 1. The van der Waals surface area contributed by atoms with E-state index in [9.17, 15) is 14.7 Å². The first-order valence-corrected chi connectivity index (χ1v) is 12.1. The zero-order valence-electron chi connectivity index (χ0n) is 19.0. The van der Waals surface area contributed by atoms with E-state index in [0.717, 1.165) is 53.8 Å². The normalized spacial score (nSPS) is 11.8. The maximum absolute atomic E-state index is 12.3. The Morgan fingerprint density at radius 3 is 2.55 bits per heavy atom. The Labute approximate surface area is 197 Å². The van der Waals surface area contributed by atoms with Crippen molar-refractivity contribution < 1.29 is 19.4 Å². The number of aromatic amines is 1. The zero-order chi connectivity index (χ0) is 23.6. The van der Waals surface area contributed by atoms with Gasteiger partial charge in [-0.1, -0.05) is 56.2 Å². The first kappa shape index (κ1) is 24.5. The van der Waals surface area contributed by atoms with Gasteiger partial charge >= 0.3 is 10.8 Å². The number of aromatic hydroxyl groups is 1. The molecule has 0 aliphatic carbocycles. The second kappa shape index (κ2) is 12.2. The van der Waals surface area contributed by atoms with E-state index in [1.54, 1.807) is 6.20 Å². The van der Waals surface area contributed by atoms with E-state index in [1.165, 1.54) is 0 Å². The van der Waals surface area contributed by atoms with Crippen molar-refractivity contribution in [1.29, 1.82) is 0 Å². The molecule has 0 bridgehead atoms. The summed E-state index contributed by atoms with van der Waals surface area (Å²) in [7, 11) is 0. The van der Waals surface area contributed by atoms with Crippen LogP contribution >= 0.6 is 11.3 Å². The van der Waals surface area contributed by atoms with E-state index in [4.69, 9.17) is 9.47 Å². The zero-order valence-corrected chi connectivity index (χ0v) is 19.8. The van der Waals surface area contributed by atoms with Crippen LogP contribution in [0.15, 0.2) is 47.4 Å². The van der Waals surface area contributed by atoms with Gasteiger partial charge in [0.05, 0.1) is 4.88 Å². The minimum atomic E-state index is -0.550. The highest BCUT2D eigenvalue weighted by molar-refractivity contribution is 7.09. The molecule has 0 saturated carbocycles. The average Bonchev–Trinajstić information content (AvgIpc) is 3.14. The molecular weight excluding hydrogens is 440 g/mol. The molecular formula is C25H30N2O5S. The second-order valence-electron chi connectivity index (χ2n) is 7.79. The average molecular weight is 471 g/mol. The summed E-state index contributed by atoms with van der Waals surface area (Å²) in [6, 6.07) is 11.3. The number of benzene rings is 1. The van der Waals surface area contributed by atoms with Crippen LogP contribution in [0, 0.1) is 0 Å². The number of hydrogen-bond donors (Lipinski definition) is 2. The predicted octanol–water partition coefficient (Wildman–Crippen LogP) is 4.93. The number of aromatic nitrogens is 2. The van der Waals surface area contributed by atoms with Gasteiger partial charge in [-0.3, -0.25) is 19.6 Å². The van der Waals surface area contributed by atoms with Gasteiger partial charge in [0.25, 0.3) is 0 Å². The highest BCUT2D eigenvalue weighted by Crippen LogP contribution is 2.24. The molecule has 2 heterocycles. The van der Waals surface area contributed by atoms with Gasteiger partial charge in [-0.25, -0.2) is 0 Å². The summed E-state index contributed by atoms with van der Waals surface area (Å²) in [5, 5.41) is 9.76. The van der Waals surface area contributed by atoms with Gasteiger partial charge < -0.3 is 14.6 Å². The van der Waals surface area contributed by atoms with Gasteiger partial charge in [0.1, 0.15) is 12.4 Å². The fourth-order valence-electron chi connectivity index (χ4n) is 3.30. The number of unbranched alkanes of at least 4 members (excludes halogenated alkanes) is 2. The third kappa shape index (κ3) is 7.46. The van der Waals surface area contributed by atoms with Crippen molar-refractivity contribution in [2.24, 2.45) is 0 Å². The third-order valence-electron chi connectivity index (χ3n) is 5.23. The minimum absolute atomic E-state index is 0.0865. The number of carbonyl (C=O) groups excluding carboxylic acids is 1. The fraction of sp³-hybridized carbons (Fsp3) is 0.400. The van der Waals surface area contributed by atoms with Crippen LogP contribution in [0.4, 0.5) is 0 Å². The van der Waals surface area contributed by atoms with Gasteiger partial charge in [-0.15, -0.1) is 0 Å². The molecule has 3 rings (SSSR count). The number of carbonyl (C=O) groups is 1. The van der Waals surface area contributed by atoms with E-state index in [1.807, 2.05) is 43.3 Å². The van der Waals surface area contributed by atoms with Crippen LogP contribution in [-0.2, 0) is 22.4 Å². The number of H-pyrrole nitrogens is 1. The number of nitrogens with one attached hydrogen (secondary N) is 1. The molecule has 7 nitrogen and oxygen atoms in total. The number of pyridine rings is 1. The number of aryl methyl sites for hydroxylation is 1. The predicted molar refractivity (Wildman–Crippen MR) is 128 cm³/mol. The van der Waals surface area contributed by atoms with Crippen LogP contribution in [0.5, 0.6) is 11.6 Å². The Morgan fingerprint density at radius 1 is 1.15 bits per heavy atom. The molecule has 0 spiro atoms. The van der Waals surface area contributed by atoms with Crippen molar-refractivity contribution in [3.8, 4) is 11.6 Å². The lowest BCUT2D eigenvalue weighted by Gasteiger charge is -2.19. The molecule has 0 radical (unpaired) electrons. The molecule has 176 valence electrons. The molecule has 0 aliphatic heterocycles. The van der Waals surface area contributed by atoms with Crippen LogP contribution < -0.4 is 9.61 Å². The summed E-state index contributed by atoms with van der Waals surface area (Å²) in [6.07, 6.45) is 5.70. The second-order valence-corrected chi connectivity index (χ2v) is 8.86. The van der Waals surface area contributed by atoms with E-state index < -0.39 is 6.10 Å². The molecule has 8 heteroatoms. The van der Waals surface area contributed by atoms with Gasteiger partial charge in [-0.2, -0.15) is 0 Å². The van der Waals surface area contributed by atoms with Crippen molar-refractivity contribution in [3.05, 3.63) is 74.0 Å². The lowest BCUT2D eigenvalue weighted by atomic mass is 10.1. The number of rotatable bonds is 12. The summed E-state index contributed by atoms with van der Waals surface area (Å²) in [6.45, 7) is 4.31.